The molecule has 0 saturated carbocycles. The van der Waals surface area contributed by atoms with Crippen LogP contribution < -0.4 is 5.32 Å². The molecule has 4 heteroatoms. The van der Waals surface area contributed by atoms with Crippen LogP contribution in [0.3, 0.4) is 0 Å². The molecule has 0 bridgehead atoms. The number of amides is 1. The molecule has 52 valence electrons. The van der Waals surface area contributed by atoms with Crippen LogP contribution in [-0.4, -0.2) is 15.9 Å². The summed E-state index contributed by atoms with van der Waals surface area (Å²) in [5.41, 5.74) is 0.620. The Morgan fingerprint density at radius 2 is 2.10 bits per heavy atom. The molecule has 0 saturated heterocycles. The van der Waals surface area contributed by atoms with Gasteiger partial charge in [-0.25, -0.2) is 9.97 Å². The van der Waals surface area contributed by atoms with Crippen LogP contribution in [0.5, 0.6) is 0 Å². The Morgan fingerprint density at radius 3 is 2.60 bits per heavy atom. The van der Waals surface area contributed by atoms with Gasteiger partial charge in [-0.15, -0.1) is 0 Å². The molecule has 0 aliphatic heterocycles. The number of carbonyl (C=O) groups is 1. The maximum atomic E-state index is 10.4. The topological polar surface area (TPSA) is 54.9 Å². The SMILES string of the molecule is CC(=O)Nc1cncnc1. The largest absolute Gasteiger partial charge is 0.324 e. The van der Waals surface area contributed by atoms with E-state index in [1.54, 1.807) is 0 Å². The van der Waals surface area contributed by atoms with Gasteiger partial charge in [0.25, 0.3) is 0 Å². The Morgan fingerprint density at radius 1 is 1.50 bits per heavy atom. The highest BCUT2D eigenvalue weighted by Gasteiger charge is 1.91. The highest BCUT2D eigenvalue weighted by atomic mass is 16.1. The Kier molecular flexibility index (Phi) is 1.94. The van der Waals surface area contributed by atoms with Gasteiger partial charge in [-0.1, -0.05) is 0 Å². The zero-order chi connectivity index (χ0) is 7.40. The highest BCUT2D eigenvalue weighted by molar-refractivity contribution is 5.88. The van der Waals surface area contributed by atoms with Gasteiger partial charge >= 0.3 is 0 Å². The monoisotopic (exact) mass is 137 g/mol. The first kappa shape index (κ1) is 6.67. The second-order valence-electron chi connectivity index (χ2n) is 1.81. The van der Waals surface area contributed by atoms with Crippen LogP contribution in [0.2, 0.25) is 0 Å². The van der Waals surface area contributed by atoms with E-state index in [2.05, 4.69) is 15.3 Å². The zero-order valence-corrected chi connectivity index (χ0v) is 5.53. The summed E-state index contributed by atoms with van der Waals surface area (Å²) in [5.74, 6) is -0.116. The summed E-state index contributed by atoms with van der Waals surface area (Å²) in [6, 6.07) is 0. The molecule has 0 aromatic carbocycles. The number of hydrogen-bond acceptors (Lipinski definition) is 3. The zero-order valence-electron chi connectivity index (χ0n) is 5.53. The Hall–Kier alpha value is -1.45. The first-order chi connectivity index (χ1) is 4.79. The standard InChI is InChI=1S/C6H7N3O/c1-5(10)9-6-2-7-4-8-3-6/h2-4H,1H3,(H,9,10). The lowest BCUT2D eigenvalue weighted by molar-refractivity contribution is -0.114. The van der Waals surface area contributed by atoms with E-state index < -0.39 is 0 Å². The Labute approximate surface area is 58.3 Å². The minimum atomic E-state index is -0.116. The molecule has 10 heavy (non-hydrogen) atoms. The van der Waals surface area contributed by atoms with Crippen molar-refractivity contribution in [1.82, 2.24) is 9.97 Å². The van der Waals surface area contributed by atoms with Gasteiger partial charge in [0.2, 0.25) is 5.91 Å². The van der Waals surface area contributed by atoms with E-state index in [0.717, 1.165) is 0 Å². The van der Waals surface area contributed by atoms with Crippen molar-refractivity contribution in [1.29, 1.82) is 0 Å². The lowest BCUT2D eigenvalue weighted by Crippen LogP contribution is -2.05. The lowest BCUT2D eigenvalue weighted by Gasteiger charge is -1.96. The van der Waals surface area contributed by atoms with Crippen LogP contribution in [0.15, 0.2) is 18.7 Å². The number of aromatic nitrogens is 2. The van der Waals surface area contributed by atoms with Gasteiger partial charge in [-0.3, -0.25) is 4.79 Å². The first-order valence-corrected chi connectivity index (χ1v) is 2.81. The summed E-state index contributed by atoms with van der Waals surface area (Å²) in [5, 5.41) is 2.54. The van der Waals surface area contributed by atoms with Gasteiger partial charge in [0.15, 0.2) is 0 Å². The van der Waals surface area contributed by atoms with E-state index in [4.69, 9.17) is 0 Å². The average molecular weight is 137 g/mol. The smallest absolute Gasteiger partial charge is 0.221 e. The second kappa shape index (κ2) is 2.91. The molecule has 0 atom stereocenters. The lowest BCUT2D eigenvalue weighted by atomic mass is 10.5. The molecule has 0 unspecified atom stereocenters. The molecule has 4 nitrogen and oxygen atoms in total. The Balaban J connectivity index is 2.67. The third-order valence-corrected chi connectivity index (χ3v) is 0.881. The number of hydrogen-bond donors (Lipinski definition) is 1. The van der Waals surface area contributed by atoms with Crippen molar-refractivity contribution in [3.63, 3.8) is 0 Å². The number of carbonyl (C=O) groups excluding carboxylic acids is 1. The maximum absolute atomic E-state index is 10.4. The molecule has 0 radical (unpaired) electrons. The van der Waals surface area contributed by atoms with Crippen molar-refractivity contribution in [2.24, 2.45) is 0 Å². The summed E-state index contributed by atoms with van der Waals surface area (Å²) in [6.45, 7) is 1.44. The van der Waals surface area contributed by atoms with Gasteiger partial charge in [0, 0.05) is 6.92 Å². The van der Waals surface area contributed by atoms with Crippen molar-refractivity contribution in [3.05, 3.63) is 18.7 Å². The van der Waals surface area contributed by atoms with Crippen molar-refractivity contribution >= 4 is 11.6 Å². The fraction of sp³-hybridized carbons (Fsp3) is 0.167. The van der Waals surface area contributed by atoms with Crippen LogP contribution >= 0.6 is 0 Å². The van der Waals surface area contributed by atoms with Crippen molar-refractivity contribution in [2.45, 2.75) is 6.92 Å². The molecule has 1 aromatic heterocycles. The first-order valence-electron chi connectivity index (χ1n) is 2.81. The van der Waals surface area contributed by atoms with Crippen LogP contribution in [0.25, 0.3) is 0 Å². The quantitative estimate of drug-likeness (QED) is 0.610. The van der Waals surface area contributed by atoms with Gasteiger partial charge < -0.3 is 5.32 Å². The van der Waals surface area contributed by atoms with Gasteiger partial charge in [0.1, 0.15) is 6.33 Å². The van der Waals surface area contributed by atoms with E-state index in [0.29, 0.717) is 5.69 Å². The predicted molar refractivity (Wildman–Crippen MR) is 36.3 cm³/mol. The number of rotatable bonds is 1. The number of nitrogens with one attached hydrogen (secondary N) is 1. The van der Waals surface area contributed by atoms with Gasteiger partial charge in [0.05, 0.1) is 18.1 Å². The molecule has 0 aliphatic carbocycles. The molecule has 0 aliphatic rings. The van der Waals surface area contributed by atoms with Crippen molar-refractivity contribution in [2.75, 3.05) is 5.32 Å². The molecule has 1 amide bonds. The fourth-order valence-electron chi connectivity index (χ4n) is 0.567. The van der Waals surface area contributed by atoms with E-state index >= 15 is 0 Å². The number of anilines is 1. The van der Waals surface area contributed by atoms with E-state index in [-0.39, 0.29) is 5.91 Å². The highest BCUT2D eigenvalue weighted by Crippen LogP contribution is 1.98. The van der Waals surface area contributed by atoms with Crippen LogP contribution in [0, 0.1) is 0 Å². The molecule has 1 N–H and O–H groups in total. The predicted octanol–water partition coefficient (Wildman–Crippen LogP) is 0.435. The van der Waals surface area contributed by atoms with E-state index in [1.165, 1.54) is 25.6 Å². The van der Waals surface area contributed by atoms with Crippen LogP contribution in [0.1, 0.15) is 6.92 Å². The summed E-state index contributed by atoms with van der Waals surface area (Å²) in [4.78, 5) is 17.9. The molecule has 0 spiro atoms. The average Bonchev–Trinajstić information content (AvgIpc) is 1.88. The molecule has 0 fully saturated rings. The second-order valence-corrected chi connectivity index (χ2v) is 1.81. The summed E-state index contributed by atoms with van der Waals surface area (Å²) < 4.78 is 0. The normalized spacial score (nSPS) is 8.90. The van der Waals surface area contributed by atoms with Crippen LogP contribution in [0.4, 0.5) is 5.69 Å². The van der Waals surface area contributed by atoms with Crippen LogP contribution in [-0.2, 0) is 4.79 Å². The molecule has 1 aromatic rings. The molecule has 1 rings (SSSR count). The van der Waals surface area contributed by atoms with E-state index in [9.17, 15) is 4.79 Å². The molecular weight excluding hydrogens is 130 g/mol. The minimum absolute atomic E-state index is 0.116. The van der Waals surface area contributed by atoms with Crippen molar-refractivity contribution < 1.29 is 4.79 Å². The molecular formula is C6H7N3O. The summed E-state index contributed by atoms with van der Waals surface area (Å²) in [7, 11) is 0. The van der Waals surface area contributed by atoms with Gasteiger partial charge in [-0.2, -0.15) is 0 Å². The van der Waals surface area contributed by atoms with Gasteiger partial charge in [-0.05, 0) is 0 Å². The maximum Gasteiger partial charge on any atom is 0.221 e. The minimum Gasteiger partial charge on any atom is -0.324 e. The Bertz CT molecular complexity index is 222. The fourth-order valence-corrected chi connectivity index (χ4v) is 0.567. The third-order valence-electron chi connectivity index (χ3n) is 0.881. The van der Waals surface area contributed by atoms with Crippen molar-refractivity contribution in [3.8, 4) is 0 Å². The summed E-state index contributed by atoms with van der Waals surface area (Å²) in [6.07, 6.45) is 4.48. The molecule has 1 heterocycles. The third kappa shape index (κ3) is 1.81. The number of nitrogens with zero attached hydrogens (tertiary/aromatic N) is 2. The van der Waals surface area contributed by atoms with E-state index in [1.807, 2.05) is 0 Å². The summed E-state index contributed by atoms with van der Waals surface area (Å²) >= 11 is 0.